The van der Waals surface area contributed by atoms with Crippen molar-refractivity contribution >= 4 is 6.09 Å². The number of carbonyl (C=O) groups is 1. The van der Waals surface area contributed by atoms with E-state index in [9.17, 15) is 4.79 Å². The van der Waals surface area contributed by atoms with Gasteiger partial charge in [-0.15, -0.1) is 0 Å². The lowest BCUT2D eigenvalue weighted by molar-refractivity contribution is 0.107. The number of likely N-dealkylation sites (tertiary alicyclic amines) is 1. The second-order valence-electron chi connectivity index (χ2n) is 4.62. The summed E-state index contributed by atoms with van der Waals surface area (Å²) in [6.07, 6.45) is 3.41. The zero-order valence-corrected chi connectivity index (χ0v) is 9.42. The van der Waals surface area contributed by atoms with Gasteiger partial charge in [0.05, 0.1) is 6.61 Å². The van der Waals surface area contributed by atoms with E-state index in [1.54, 1.807) is 0 Å². The van der Waals surface area contributed by atoms with E-state index in [2.05, 4.69) is 5.32 Å². The highest BCUT2D eigenvalue weighted by Gasteiger charge is 2.40. The zero-order valence-electron chi connectivity index (χ0n) is 9.42. The van der Waals surface area contributed by atoms with Gasteiger partial charge in [-0.1, -0.05) is 0 Å². The number of hydrogen-bond donors (Lipinski definition) is 1. The molecule has 2 rings (SSSR count). The molecule has 0 aromatic rings. The van der Waals surface area contributed by atoms with Crippen molar-refractivity contribution in [2.45, 2.75) is 26.2 Å². The summed E-state index contributed by atoms with van der Waals surface area (Å²) in [7, 11) is 0. The standard InChI is InChI=1S/C11H20N2O2/c1-2-15-10(14)13-8-5-11(9-13)3-6-12-7-4-11/h12H,2-9H2,1H3. The van der Waals surface area contributed by atoms with Gasteiger partial charge in [0, 0.05) is 13.1 Å². The second kappa shape index (κ2) is 4.39. The summed E-state index contributed by atoms with van der Waals surface area (Å²) in [6.45, 7) is 6.29. The maximum absolute atomic E-state index is 11.6. The van der Waals surface area contributed by atoms with Crippen LogP contribution in [0, 0.1) is 5.41 Å². The summed E-state index contributed by atoms with van der Waals surface area (Å²) >= 11 is 0. The number of nitrogens with zero attached hydrogens (tertiary/aromatic N) is 1. The van der Waals surface area contributed by atoms with Crippen molar-refractivity contribution in [3.63, 3.8) is 0 Å². The monoisotopic (exact) mass is 212 g/mol. The van der Waals surface area contributed by atoms with Gasteiger partial charge in [0.15, 0.2) is 0 Å². The van der Waals surface area contributed by atoms with Crippen LogP contribution in [-0.2, 0) is 4.74 Å². The predicted molar refractivity (Wildman–Crippen MR) is 57.7 cm³/mol. The minimum Gasteiger partial charge on any atom is -0.450 e. The first-order chi connectivity index (χ1) is 7.26. The first-order valence-corrected chi connectivity index (χ1v) is 5.88. The van der Waals surface area contributed by atoms with Crippen molar-refractivity contribution in [3.05, 3.63) is 0 Å². The van der Waals surface area contributed by atoms with E-state index >= 15 is 0 Å². The fourth-order valence-electron chi connectivity index (χ4n) is 2.67. The average molecular weight is 212 g/mol. The molecular weight excluding hydrogens is 192 g/mol. The predicted octanol–water partition coefficient (Wildman–Crippen LogP) is 1.22. The Morgan fingerprint density at radius 3 is 2.80 bits per heavy atom. The van der Waals surface area contributed by atoms with Gasteiger partial charge in [0.25, 0.3) is 0 Å². The Morgan fingerprint density at radius 1 is 1.40 bits per heavy atom. The van der Waals surface area contributed by atoms with Crippen LogP contribution in [0.5, 0.6) is 0 Å². The van der Waals surface area contributed by atoms with Gasteiger partial charge in [-0.2, -0.15) is 0 Å². The first-order valence-electron chi connectivity index (χ1n) is 5.88. The molecule has 2 heterocycles. The van der Waals surface area contributed by atoms with E-state index in [-0.39, 0.29) is 6.09 Å². The molecule has 0 radical (unpaired) electrons. The molecule has 1 N–H and O–H groups in total. The molecule has 0 bridgehead atoms. The van der Waals surface area contributed by atoms with Crippen molar-refractivity contribution in [1.82, 2.24) is 10.2 Å². The SMILES string of the molecule is CCOC(=O)N1CCC2(CCNCC2)C1. The molecule has 86 valence electrons. The summed E-state index contributed by atoms with van der Waals surface area (Å²) < 4.78 is 5.03. The molecule has 15 heavy (non-hydrogen) atoms. The van der Waals surface area contributed by atoms with Crippen molar-refractivity contribution in [2.24, 2.45) is 5.41 Å². The molecule has 1 spiro atoms. The summed E-state index contributed by atoms with van der Waals surface area (Å²) in [4.78, 5) is 13.4. The number of nitrogens with one attached hydrogen (secondary N) is 1. The van der Waals surface area contributed by atoms with Crippen LogP contribution >= 0.6 is 0 Å². The number of ether oxygens (including phenoxy) is 1. The van der Waals surface area contributed by atoms with Crippen molar-refractivity contribution in [1.29, 1.82) is 0 Å². The molecule has 2 fully saturated rings. The third-order valence-electron chi connectivity index (χ3n) is 3.63. The maximum atomic E-state index is 11.6. The molecular formula is C11H20N2O2. The van der Waals surface area contributed by atoms with Crippen molar-refractivity contribution in [3.8, 4) is 0 Å². The van der Waals surface area contributed by atoms with Gasteiger partial charge in [0.1, 0.15) is 0 Å². The Balaban J connectivity index is 1.90. The molecule has 0 aromatic heterocycles. The van der Waals surface area contributed by atoms with Crippen LogP contribution in [0.4, 0.5) is 4.79 Å². The Labute approximate surface area is 91.0 Å². The van der Waals surface area contributed by atoms with Crippen molar-refractivity contribution < 1.29 is 9.53 Å². The molecule has 2 saturated heterocycles. The Hall–Kier alpha value is -0.770. The quantitative estimate of drug-likeness (QED) is 0.710. The van der Waals surface area contributed by atoms with Crippen LogP contribution in [0.15, 0.2) is 0 Å². The van der Waals surface area contributed by atoms with E-state index in [4.69, 9.17) is 4.74 Å². The lowest BCUT2D eigenvalue weighted by Crippen LogP contribution is -2.39. The first kappa shape index (κ1) is 10.7. The maximum Gasteiger partial charge on any atom is 0.409 e. The summed E-state index contributed by atoms with van der Waals surface area (Å²) in [6, 6.07) is 0. The van der Waals surface area contributed by atoms with E-state index in [0.29, 0.717) is 12.0 Å². The number of amides is 1. The number of rotatable bonds is 1. The van der Waals surface area contributed by atoms with Crippen LogP contribution in [-0.4, -0.2) is 43.8 Å². The highest BCUT2D eigenvalue weighted by molar-refractivity contribution is 5.68. The average Bonchev–Trinajstić information content (AvgIpc) is 2.64. The van der Waals surface area contributed by atoms with Gasteiger partial charge in [-0.05, 0) is 44.7 Å². The molecule has 2 aliphatic rings. The highest BCUT2D eigenvalue weighted by atomic mass is 16.6. The van der Waals surface area contributed by atoms with Crippen molar-refractivity contribution in [2.75, 3.05) is 32.8 Å². The number of carbonyl (C=O) groups excluding carboxylic acids is 1. The van der Waals surface area contributed by atoms with Crippen LogP contribution in [0.3, 0.4) is 0 Å². The Bertz CT molecular complexity index is 237. The van der Waals surface area contributed by atoms with E-state index in [1.165, 1.54) is 12.8 Å². The fourth-order valence-corrected chi connectivity index (χ4v) is 2.67. The van der Waals surface area contributed by atoms with E-state index in [1.807, 2.05) is 11.8 Å². The van der Waals surface area contributed by atoms with Gasteiger partial charge >= 0.3 is 6.09 Å². The van der Waals surface area contributed by atoms with E-state index < -0.39 is 0 Å². The molecule has 1 amide bonds. The minimum absolute atomic E-state index is 0.132. The largest absolute Gasteiger partial charge is 0.450 e. The van der Waals surface area contributed by atoms with Crippen LogP contribution in [0.2, 0.25) is 0 Å². The summed E-state index contributed by atoms with van der Waals surface area (Å²) in [5.74, 6) is 0. The smallest absolute Gasteiger partial charge is 0.409 e. The van der Waals surface area contributed by atoms with Gasteiger partial charge < -0.3 is 15.0 Å². The Morgan fingerprint density at radius 2 is 2.13 bits per heavy atom. The zero-order chi connectivity index (χ0) is 10.7. The number of hydrogen-bond acceptors (Lipinski definition) is 3. The lowest BCUT2D eigenvalue weighted by atomic mass is 9.78. The third kappa shape index (κ3) is 2.25. The highest BCUT2D eigenvalue weighted by Crippen LogP contribution is 2.38. The fraction of sp³-hybridized carbons (Fsp3) is 0.909. The van der Waals surface area contributed by atoms with Gasteiger partial charge in [0.2, 0.25) is 0 Å². The molecule has 2 aliphatic heterocycles. The summed E-state index contributed by atoms with van der Waals surface area (Å²) in [5.41, 5.74) is 0.387. The second-order valence-corrected chi connectivity index (χ2v) is 4.62. The van der Waals surface area contributed by atoms with Gasteiger partial charge in [-0.25, -0.2) is 4.79 Å². The number of piperidine rings is 1. The molecule has 0 saturated carbocycles. The van der Waals surface area contributed by atoms with E-state index in [0.717, 1.165) is 32.6 Å². The molecule has 0 aliphatic carbocycles. The molecule has 4 heteroatoms. The normalized spacial score (nSPS) is 24.5. The third-order valence-corrected chi connectivity index (χ3v) is 3.63. The molecule has 4 nitrogen and oxygen atoms in total. The minimum atomic E-state index is -0.132. The summed E-state index contributed by atoms with van der Waals surface area (Å²) in [5, 5.41) is 3.37. The van der Waals surface area contributed by atoms with Gasteiger partial charge in [-0.3, -0.25) is 0 Å². The molecule has 0 unspecified atom stereocenters. The molecule has 0 atom stereocenters. The lowest BCUT2D eigenvalue weighted by Gasteiger charge is -2.33. The van der Waals surface area contributed by atoms with Crippen LogP contribution in [0.25, 0.3) is 0 Å². The molecule has 0 aromatic carbocycles. The topological polar surface area (TPSA) is 41.6 Å². The van der Waals surface area contributed by atoms with Crippen LogP contribution in [0.1, 0.15) is 26.2 Å². The Kier molecular flexibility index (Phi) is 3.14. The van der Waals surface area contributed by atoms with Crippen LogP contribution < -0.4 is 5.32 Å².